The summed E-state index contributed by atoms with van der Waals surface area (Å²) in [6.07, 6.45) is -6.46. The van der Waals surface area contributed by atoms with Crippen LogP contribution in [0.4, 0.5) is 0 Å². The van der Waals surface area contributed by atoms with E-state index in [2.05, 4.69) is 36.6 Å². The number of esters is 2. The zero-order valence-corrected chi connectivity index (χ0v) is 13.5. The van der Waals surface area contributed by atoms with Crippen LogP contribution in [0.25, 0.3) is 0 Å². The van der Waals surface area contributed by atoms with E-state index in [1.54, 1.807) is 0 Å². The second-order valence-corrected chi connectivity index (χ2v) is 4.83. The largest absolute Gasteiger partial charge is 0.462 e. The van der Waals surface area contributed by atoms with E-state index in [0.29, 0.717) is 0 Å². The van der Waals surface area contributed by atoms with Gasteiger partial charge in [0, 0.05) is 0 Å². The summed E-state index contributed by atoms with van der Waals surface area (Å²) >= 11 is 5.67. The molecule has 4 N–H and O–H groups in total. The van der Waals surface area contributed by atoms with Crippen LogP contribution in [0.1, 0.15) is 0 Å². The molecular formula is C10H16Br2O8. The Balaban J connectivity index is 4.72. The molecule has 0 unspecified atom stereocenters. The molecule has 0 aliphatic rings. The van der Waals surface area contributed by atoms with Crippen molar-refractivity contribution in [3.63, 3.8) is 0 Å². The minimum atomic E-state index is -1.74. The smallest absolute Gasteiger partial charge is 0.317 e. The maximum Gasteiger partial charge on any atom is 0.317 e. The fraction of sp³-hybridized carbons (Fsp3) is 0.800. The number of rotatable bonds is 9. The lowest BCUT2D eigenvalue weighted by Gasteiger charge is -2.29. The maximum absolute atomic E-state index is 11.2. The lowest BCUT2D eigenvalue weighted by Crippen LogP contribution is -2.50. The van der Waals surface area contributed by atoms with Crippen molar-refractivity contribution in [1.82, 2.24) is 0 Å². The number of hydrogen-bond acceptors (Lipinski definition) is 8. The number of aliphatic hydroxyl groups excluding tert-OH is 4. The molecule has 0 heterocycles. The summed E-state index contributed by atoms with van der Waals surface area (Å²) in [5.41, 5.74) is 0. The Morgan fingerprint density at radius 3 is 2.00 bits per heavy atom. The van der Waals surface area contributed by atoms with Crippen molar-refractivity contribution < 1.29 is 39.5 Å². The predicted molar refractivity (Wildman–Crippen MR) is 73.5 cm³/mol. The zero-order valence-electron chi connectivity index (χ0n) is 10.3. The summed E-state index contributed by atoms with van der Waals surface area (Å²) < 4.78 is 9.37. The lowest BCUT2D eigenvalue weighted by atomic mass is 10.0. The first-order valence-electron chi connectivity index (χ1n) is 5.49. The van der Waals surface area contributed by atoms with Crippen LogP contribution in [-0.2, 0) is 19.1 Å². The van der Waals surface area contributed by atoms with Crippen LogP contribution >= 0.6 is 31.9 Å². The van der Waals surface area contributed by atoms with E-state index in [-0.39, 0.29) is 10.7 Å². The summed E-state index contributed by atoms with van der Waals surface area (Å²) in [7, 11) is 0. The van der Waals surface area contributed by atoms with E-state index in [1.807, 2.05) is 0 Å². The van der Waals surface area contributed by atoms with E-state index in [9.17, 15) is 24.9 Å². The molecule has 10 heteroatoms. The van der Waals surface area contributed by atoms with Crippen LogP contribution in [0.2, 0.25) is 0 Å². The monoisotopic (exact) mass is 422 g/mol. The highest BCUT2D eigenvalue weighted by Gasteiger charge is 2.35. The van der Waals surface area contributed by atoms with Crippen LogP contribution in [0.5, 0.6) is 0 Å². The Morgan fingerprint density at radius 2 is 1.55 bits per heavy atom. The first-order chi connectivity index (χ1) is 9.37. The second-order valence-electron chi connectivity index (χ2n) is 3.71. The van der Waals surface area contributed by atoms with Crippen molar-refractivity contribution in [3.05, 3.63) is 0 Å². The van der Waals surface area contributed by atoms with Crippen molar-refractivity contribution in [2.45, 2.75) is 24.4 Å². The molecule has 0 aliphatic heterocycles. The summed E-state index contributed by atoms with van der Waals surface area (Å²) in [6.45, 7) is -1.34. The lowest BCUT2D eigenvalue weighted by molar-refractivity contribution is -0.177. The molecule has 0 bridgehead atoms. The van der Waals surface area contributed by atoms with Gasteiger partial charge >= 0.3 is 11.9 Å². The van der Waals surface area contributed by atoms with Gasteiger partial charge in [-0.15, -0.1) is 0 Å². The first-order valence-corrected chi connectivity index (χ1v) is 7.73. The van der Waals surface area contributed by atoms with Gasteiger partial charge in [0.25, 0.3) is 0 Å². The third kappa shape index (κ3) is 6.95. The summed E-state index contributed by atoms with van der Waals surface area (Å²) in [5.74, 6) is -1.46. The van der Waals surface area contributed by atoms with Gasteiger partial charge in [0.15, 0.2) is 6.10 Å². The van der Waals surface area contributed by atoms with Crippen molar-refractivity contribution in [2.75, 3.05) is 23.9 Å². The number of alkyl halides is 2. The highest BCUT2D eigenvalue weighted by molar-refractivity contribution is 9.09. The summed E-state index contributed by atoms with van der Waals surface area (Å²) in [5, 5.41) is 37.3. The van der Waals surface area contributed by atoms with Crippen LogP contribution in [0, 0.1) is 0 Å². The molecule has 20 heavy (non-hydrogen) atoms. The van der Waals surface area contributed by atoms with Gasteiger partial charge in [-0.3, -0.25) is 9.59 Å². The van der Waals surface area contributed by atoms with E-state index >= 15 is 0 Å². The number of halogens is 2. The fourth-order valence-corrected chi connectivity index (χ4v) is 1.49. The average molecular weight is 424 g/mol. The van der Waals surface area contributed by atoms with Crippen molar-refractivity contribution in [1.29, 1.82) is 0 Å². The molecule has 0 aromatic heterocycles. The minimum absolute atomic E-state index is 0.0899. The zero-order chi connectivity index (χ0) is 15.7. The van der Waals surface area contributed by atoms with Gasteiger partial charge in [0.1, 0.15) is 35.6 Å². The molecule has 0 fully saturated rings. The second kappa shape index (κ2) is 10.5. The molecule has 0 aromatic carbocycles. The number of aliphatic hydroxyl groups is 4. The molecule has 8 nitrogen and oxygen atoms in total. The van der Waals surface area contributed by atoms with Gasteiger partial charge in [0.2, 0.25) is 0 Å². The van der Waals surface area contributed by atoms with E-state index in [4.69, 9.17) is 9.84 Å². The molecule has 0 amide bonds. The highest BCUT2D eigenvalue weighted by Crippen LogP contribution is 2.11. The van der Waals surface area contributed by atoms with E-state index in [1.165, 1.54) is 0 Å². The van der Waals surface area contributed by atoms with E-state index < -0.39 is 49.6 Å². The quantitative estimate of drug-likeness (QED) is 0.255. The van der Waals surface area contributed by atoms with Crippen molar-refractivity contribution in [3.8, 4) is 0 Å². The molecule has 4 atom stereocenters. The van der Waals surface area contributed by atoms with Crippen molar-refractivity contribution in [2.24, 2.45) is 0 Å². The van der Waals surface area contributed by atoms with Crippen LogP contribution < -0.4 is 0 Å². The third-order valence-corrected chi connectivity index (χ3v) is 3.11. The Kier molecular flexibility index (Phi) is 10.3. The standard InChI is InChI=1S/C10H16Br2O8/c11-1-7(16)19-4-6(15)10(20-8(17)2-12)9(18)5(14)3-13/h5-6,9-10,13-15,18H,1-4H2/t5-,6+,9-,10-/m1/s1. The Bertz CT molecular complexity index is 314. The van der Waals surface area contributed by atoms with E-state index in [0.717, 1.165) is 0 Å². The molecule has 0 saturated heterocycles. The molecule has 0 spiro atoms. The number of carbonyl (C=O) groups excluding carboxylic acids is 2. The molecule has 0 aliphatic carbocycles. The predicted octanol–water partition coefficient (Wildman–Crippen LogP) is -1.69. The van der Waals surface area contributed by atoms with Crippen LogP contribution in [-0.4, -0.2) is 80.7 Å². The van der Waals surface area contributed by atoms with Gasteiger partial charge in [-0.25, -0.2) is 0 Å². The van der Waals surface area contributed by atoms with Crippen LogP contribution in [0.15, 0.2) is 0 Å². The van der Waals surface area contributed by atoms with Gasteiger partial charge in [-0.05, 0) is 0 Å². The van der Waals surface area contributed by atoms with Gasteiger partial charge < -0.3 is 29.9 Å². The summed E-state index contributed by atoms with van der Waals surface area (Å²) in [6, 6.07) is 0. The normalized spacial score (nSPS) is 16.9. The number of hydrogen-bond donors (Lipinski definition) is 4. The molecule has 0 aromatic rings. The molecule has 0 saturated carbocycles. The van der Waals surface area contributed by atoms with Crippen LogP contribution in [0.3, 0.4) is 0 Å². The first kappa shape index (κ1) is 19.7. The molecule has 0 rings (SSSR count). The Labute approximate surface area is 131 Å². The molecular weight excluding hydrogens is 408 g/mol. The van der Waals surface area contributed by atoms with Crippen molar-refractivity contribution >= 4 is 43.8 Å². The van der Waals surface area contributed by atoms with Gasteiger partial charge in [0.05, 0.1) is 6.61 Å². The Hall–Kier alpha value is -0.260. The number of carbonyl (C=O) groups is 2. The van der Waals surface area contributed by atoms with Gasteiger partial charge in [-0.1, -0.05) is 31.9 Å². The maximum atomic E-state index is 11.2. The third-order valence-electron chi connectivity index (χ3n) is 2.20. The summed E-state index contributed by atoms with van der Waals surface area (Å²) in [4.78, 5) is 22.1. The minimum Gasteiger partial charge on any atom is -0.462 e. The number of ether oxygens (including phenoxy) is 2. The SMILES string of the molecule is O=C(CBr)OC[C@H](O)[C@@H](OC(=O)CBr)[C@H](O)[C@H](O)CO. The topological polar surface area (TPSA) is 134 Å². The highest BCUT2D eigenvalue weighted by atomic mass is 79.9. The molecule has 0 radical (unpaired) electrons. The van der Waals surface area contributed by atoms with Gasteiger partial charge in [-0.2, -0.15) is 0 Å². The Morgan fingerprint density at radius 1 is 1.00 bits per heavy atom. The fourth-order valence-electron chi connectivity index (χ4n) is 1.20. The molecule has 118 valence electrons. The average Bonchev–Trinajstić information content (AvgIpc) is 2.47.